The van der Waals surface area contributed by atoms with Crippen molar-refractivity contribution >= 4 is 29.2 Å². The van der Waals surface area contributed by atoms with Crippen LogP contribution in [0.15, 0.2) is 30.7 Å². The maximum atomic E-state index is 13.2. The second-order valence-corrected chi connectivity index (χ2v) is 8.33. The van der Waals surface area contributed by atoms with E-state index in [1.54, 1.807) is 18.3 Å². The lowest BCUT2D eigenvalue weighted by molar-refractivity contribution is -0.131. The predicted molar refractivity (Wildman–Crippen MR) is 118 cm³/mol. The van der Waals surface area contributed by atoms with Crippen molar-refractivity contribution in [1.29, 1.82) is 0 Å². The molecule has 2 amide bonds. The highest BCUT2D eigenvalue weighted by Gasteiger charge is 2.42. The van der Waals surface area contributed by atoms with Crippen molar-refractivity contribution in [2.24, 2.45) is 0 Å². The Kier molecular flexibility index (Phi) is 6.77. The van der Waals surface area contributed by atoms with Gasteiger partial charge in [-0.3, -0.25) is 19.5 Å². The van der Waals surface area contributed by atoms with Crippen molar-refractivity contribution < 1.29 is 9.59 Å². The minimum atomic E-state index is -0.540. The predicted octanol–water partition coefficient (Wildman–Crippen LogP) is 2.95. The second-order valence-electron chi connectivity index (χ2n) is 7.90. The van der Waals surface area contributed by atoms with Gasteiger partial charge >= 0.3 is 0 Å². The molecule has 1 fully saturated rings. The fraction of sp³-hybridized carbons (Fsp3) is 0.500. The number of rotatable bonds is 7. The number of carbonyl (C=O) groups is 2. The van der Waals surface area contributed by atoms with Gasteiger partial charge in [0.15, 0.2) is 5.69 Å². The maximum absolute atomic E-state index is 13.2. The van der Waals surface area contributed by atoms with E-state index in [4.69, 9.17) is 11.6 Å². The molecule has 1 unspecified atom stereocenters. The van der Waals surface area contributed by atoms with Crippen LogP contribution in [-0.2, 0) is 4.79 Å². The van der Waals surface area contributed by atoms with Crippen molar-refractivity contribution in [2.75, 3.05) is 37.6 Å². The molecule has 0 aliphatic carbocycles. The molecule has 8 nitrogen and oxygen atoms in total. The summed E-state index contributed by atoms with van der Waals surface area (Å²) in [5.41, 5.74) is 0.790. The van der Waals surface area contributed by atoms with Crippen LogP contribution in [-0.4, -0.2) is 69.3 Å². The van der Waals surface area contributed by atoms with Crippen LogP contribution in [0.1, 0.15) is 54.8 Å². The molecular weight excluding hydrogens is 416 g/mol. The first-order chi connectivity index (χ1) is 15.1. The molecule has 1 atom stereocenters. The number of aromatic nitrogens is 3. The normalized spacial score (nSPS) is 18.8. The number of likely N-dealkylation sites (N-methyl/N-ethyl adjacent to an activating group) is 1. The number of fused-ring (bicyclic) bond motifs is 1. The molecule has 9 heteroatoms. The average Bonchev–Trinajstić information content (AvgIpc) is 3.07. The number of halogens is 1. The number of hydrogen-bond acceptors (Lipinski definition) is 6. The Labute approximate surface area is 187 Å². The van der Waals surface area contributed by atoms with Crippen LogP contribution in [0.5, 0.6) is 0 Å². The lowest BCUT2D eigenvalue weighted by atomic mass is 10.1. The summed E-state index contributed by atoms with van der Waals surface area (Å²) in [6.45, 7) is 6.37. The third-order valence-electron chi connectivity index (χ3n) is 5.97. The SMILES string of the molecule is CCN(CCN1CCCCC1)C(=O)CC1c2nccnc2C(=O)N1c1ccc(Cl)cn1. The third-order valence-corrected chi connectivity index (χ3v) is 6.19. The molecule has 2 aliphatic rings. The van der Waals surface area contributed by atoms with E-state index in [0.29, 0.717) is 29.6 Å². The number of amides is 2. The van der Waals surface area contributed by atoms with Crippen molar-refractivity contribution in [3.8, 4) is 0 Å². The third kappa shape index (κ3) is 4.70. The van der Waals surface area contributed by atoms with E-state index in [0.717, 1.165) is 19.6 Å². The highest BCUT2D eigenvalue weighted by Crippen LogP contribution is 2.37. The molecule has 0 saturated carbocycles. The molecule has 164 valence electrons. The van der Waals surface area contributed by atoms with Crippen LogP contribution in [0, 0.1) is 0 Å². The molecule has 0 spiro atoms. The van der Waals surface area contributed by atoms with Crippen molar-refractivity contribution in [2.45, 2.75) is 38.6 Å². The summed E-state index contributed by atoms with van der Waals surface area (Å²) in [4.78, 5) is 45.0. The molecule has 0 bridgehead atoms. The van der Waals surface area contributed by atoms with Gasteiger partial charge < -0.3 is 9.80 Å². The van der Waals surface area contributed by atoms with Gasteiger partial charge in [-0.2, -0.15) is 0 Å². The largest absolute Gasteiger partial charge is 0.342 e. The van der Waals surface area contributed by atoms with Gasteiger partial charge in [0, 0.05) is 38.2 Å². The number of pyridine rings is 1. The molecule has 4 heterocycles. The second kappa shape index (κ2) is 9.70. The first-order valence-corrected chi connectivity index (χ1v) is 11.2. The smallest absolute Gasteiger partial charge is 0.280 e. The van der Waals surface area contributed by atoms with Crippen LogP contribution < -0.4 is 4.90 Å². The van der Waals surface area contributed by atoms with Crippen LogP contribution in [0.2, 0.25) is 5.02 Å². The van der Waals surface area contributed by atoms with E-state index in [1.807, 2.05) is 11.8 Å². The van der Waals surface area contributed by atoms with Gasteiger partial charge in [0.2, 0.25) is 5.91 Å². The zero-order valence-corrected chi connectivity index (χ0v) is 18.5. The Hall–Kier alpha value is -2.58. The highest BCUT2D eigenvalue weighted by atomic mass is 35.5. The quantitative estimate of drug-likeness (QED) is 0.655. The monoisotopic (exact) mass is 442 g/mol. The Morgan fingerprint density at radius 1 is 1.16 bits per heavy atom. The maximum Gasteiger partial charge on any atom is 0.280 e. The number of anilines is 1. The summed E-state index contributed by atoms with van der Waals surface area (Å²) in [7, 11) is 0. The van der Waals surface area contributed by atoms with Gasteiger partial charge in [0.1, 0.15) is 5.82 Å². The molecule has 0 aromatic carbocycles. The number of nitrogens with zero attached hydrogens (tertiary/aromatic N) is 6. The number of hydrogen-bond donors (Lipinski definition) is 0. The summed E-state index contributed by atoms with van der Waals surface area (Å²) in [6, 6.07) is 2.82. The summed E-state index contributed by atoms with van der Waals surface area (Å²) >= 11 is 5.97. The first kappa shape index (κ1) is 21.6. The standard InChI is InChI=1S/C22H27ClN6O2/c1-2-28(13-12-27-10-4-3-5-11-27)19(30)14-17-20-21(25-9-8-24-20)22(31)29(17)18-7-6-16(23)15-26-18/h6-9,15,17H,2-5,10-14H2,1H3. The molecule has 1 saturated heterocycles. The fourth-order valence-corrected chi connectivity index (χ4v) is 4.41. The van der Waals surface area contributed by atoms with Crippen LogP contribution in [0.4, 0.5) is 5.82 Å². The molecule has 2 aromatic heterocycles. The lowest BCUT2D eigenvalue weighted by Gasteiger charge is -2.31. The Bertz CT molecular complexity index is 932. The fourth-order valence-electron chi connectivity index (χ4n) is 4.30. The summed E-state index contributed by atoms with van der Waals surface area (Å²) in [5, 5.41) is 0.478. The van der Waals surface area contributed by atoms with E-state index in [2.05, 4.69) is 19.9 Å². The topological polar surface area (TPSA) is 82.5 Å². The molecule has 4 rings (SSSR count). The van der Waals surface area contributed by atoms with Gasteiger partial charge in [-0.25, -0.2) is 9.97 Å². The lowest BCUT2D eigenvalue weighted by Crippen LogP contribution is -2.41. The van der Waals surface area contributed by atoms with E-state index >= 15 is 0 Å². The summed E-state index contributed by atoms with van der Waals surface area (Å²) in [5.74, 6) is 0.130. The van der Waals surface area contributed by atoms with Gasteiger partial charge in [0.05, 0.1) is 23.2 Å². The summed E-state index contributed by atoms with van der Waals surface area (Å²) < 4.78 is 0. The summed E-state index contributed by atoms with van der Waals surface area (Å²) in [6.07, 6.45) is 8.41. The molecule has 0 N–H and O–H groups in total. The minimum Gasteiger partial charge on any atom is -0.342 e. The van der Waals surface area contributed by atoms with E-state index in [-0.39, 0.29) is 23.9 Å². The Morgan fingerprint density at radius 3 is 2.65 bits per heavy atom. The molecule has 0 radical (unpaired) electrons. The Morgan fingerprint density at radius 2 is 1.94 bits per heavy atom. The van der Waals surface area contributed by atoms with Crippen molar-refractivity contribution in [3.63, 3.8) is 0 Å². The van der Waals surface area contributed by atoms with Gasteiger partial charge in [-0.05, 0) is 45.0 Å². The molecule has 31 heavy (non-hydrogen) atoms. The molecule has 2 aliphatic heterocycles. The molecular formula is C22H27ClN6O2. The number of carbonyl (C=O) groups excluding carboxylic acids is 2. The first-order valence-electron chi connectivity index (χ1n) is 10.8. The average molecular weight is 443 g/mol. The van der Waals surface area contributed by atoms with Gasteiger partial charge in [0.25, 0.3) is 5.91 Å². The molecule has 2 aromatic rings. The van der Waals surface area contributed by atoms with E-state index in [9.17, 15) is 9.59 Å². The van der Waals surface area contributed by atoms with Gasteiger partial charge in [-0.1, -0.05) is 18.0 Å². The zero-order chi connectivity index (χ0) is 21.8. The van der Waals surface area contributed by atoms with Gasteiger partial charge in [-0.15, -0.1) is 0 Å². The van der Waals surface area contributed by atoms with E-state index < -0.39 is 6.04 Å². The number of likely N-dealkylation sites (tertiary alicyclic amines) is 1. The highest BCUT2D eigenvalue weighted by molar-refractivity contribution is 6.30. The van der Waals surface area contributed by atoms with Crippen molar-refractivity contribution in [3.05, 3.63) is 47.1 Å². The Balaban J connectivity index is 1.52. The van der Waals surface area contributed by atoms with Crippen LogP contribution >= 0.6 is 11.6 Å². The zero-order valence-electron chi connectivity index (χ0n) is 17.7. The number of piperidine rings is 1. The van der Waals surface area contributed by atoms with Crippen molar-refractivity contribution in [1.82, 2.24) is 24.8 Å². The van der Waals surface area contributed by atoms with Crippen LogP contribution in [0.3, 0.4) is 0 Å². The van der Waals surface area contributed by atoms with Crippen LogP contribution in [0.25, 0.3) is 0 Å². The van der Waals surface area contributed by atoms with E-state index in [1.165, 1.54) is 36.6 Å². The minimum absolute atomic E-state index is 0.00484.